The van der Waals surface area contributed by atoms with E-state index in [1.165, 1.54) is 11.1 Å². The summed E-state index contributed by atoms with van der Waals surface area (Å²) in [6, 6.07) is 16.5. The van der Waals surface area contributed by atoms with Gasteiger partial charge in [-0.2, -0.15) is 0 Å². The molecule has 0 fully saturated rings. The first-order valence-corrected chi connectivity index (χ1v) is 8.31. The lowest BCUT2D eigenvalue weighted by molar-refractivity contribution is 0.171. The van der Waals surface area contributed by atoms with Crippen molar-refractivity contribution in [2.45, 2.75) is 9.65 Å². The SMILES string of the molecule is Br[C@H](c1ccccc1)[C@@H](Br)c1ccc2c(c1)OCCO2. The highest BCUT2D eigenvalue weighted by Gasteiger charge is 2.22. The number of alkyl halides is 2. The number of halogens is 2. The van der Waals surface area contributed by atoms with Crippen molar-refractivity contribution in [3.63, 3.8) is 0 Å². The van der Waals surface area contributed by atoms with E-state index in [1.54, 1.807) is 0 Å². The molecule has 20 heavy (non-hydrogen) atoms. The minimum atomic E-state index is 0.167. The van der Waals surface area contributed by atoms with Gasteiger partial charge in [-0.05, 0) is 23.3 Å². The van der Waals surface area contributed by atoms with Gasteiger partial charge in [0, 0.05) is 0 Å². The van der Waals surface area contributed by atoms with Gasteiger partial charge in [0.1, 0.15) is 13.2 Å². The third-order valence-corrected chi connectivity index (χ3v) is 6.08. The van der Waals surface area contributed by atoms with E-state index in [0.717, 1.165) is 11.5 Å². The van der Waals surface area contributed by atoms with Crippen LogP contribution in [-0.2, 0) is 0 Å². The zero-order valence-electron chi connectivity index (χ0n) is 10.8. The highest BCUT2D eigenvalue weighted by molar-refractivity contribution is 9.12. The molecule has 3 rings (SSSR count). The highest BCUT2D eigenvalue weighted by atomic mass is 79.9. The van der Waals surface area contributed by atoms with Crippen LogP contribution in [-0.4, -0.2) is 13.2 Å². The molecule has 0 bridgehead atoms. The standard InChI is InChI=1S/C16H14Br2O2/c17-15(11-4-2-1-3-5-11)16(18)12-6-7-13-14(10-12)20-9-8-19-13/h1-7,10,15-16H,8-9H2/t15-,16+/m1/s1. The van der Waals surface area contributed by atoms with Gasteiger partial charge in [-0.25, -0.2) is 0 Å². The van der Waals surface area contributed by atoms with Crippen molar-refractivity contribution in [3.8, 4) is 11.5 Å². The molecular weight excluding hydrogens is 384 g/mol. The van der Waals surface area contributed by atoms with Crippen molar-refractivity contribution in [1.29, 1.82) is 0 Å². The third-order valence-electron chi connectivity index (χ3n) is 3.26. The molecule has 0 unspecified atom stereocenters. The molecule has 2 nitrogen and oxygen atoms in total. The molecule has 0 saturated heterocycles. The molecule has 0 amide bonds. The average molecular weight is 398 g/mol. The van der Waals surface area contributed by atoms with Gasteiger partial charge in [-0.1, -0.05) is 68.3 Å². The Balaban J connectivity index is 1.85. The molecule has 2 atom stereocenters. The van der Waals surface area contributed by atoms with Crippen LogP contribution in [0, 0.1) is 0 Å². The molecule has 0 spiro atoms. The molecule has 0 saturated carbocycles. The third kappa shape index (κ3) is 2.86. The second-order valence-corrected chi connectivity index (χ2v) is 6.59. The molecule has 1 aliphatic heterocycles. The average Bonchev–Trinajstić information content (AvgIpc) is 2.54. The van der Waals surface area contributed by atoms with Crippen molar-refractivity contribution >= 4 is 31.9 Å². The van der Waals surface area contributed by atoms with Crippen LogP contribution in [0.15, 0.2) is 48.5 Å². The summed E-state index contributed by atoms with van der Waals surface area (Å²) in [6.07, 6.45) is 0. The fourth-order valence-corrected chi connectivity index (χ4v) is 3.41. The van der Waals surface area contributed by atoms with E-state index in [2.05, 4.69) is 50.1 Å². The number of hydrogen-bond donors (Lipinski definition) is 0. The largest absolute Gasteiger partial charge is 0.486 e. The Kier molecular flexibility index (Phi) is 4.32. The fourth-order valence-electron chi connectivity index (χ4n) is 2.21. The molecule has 0 aliphatic carbocycles. The van der Waals surface area contributed by atoms with Crippen molar-refractivity contribution in [3.05, 3.63) is 59.7 Å². The molecule has 1 aliphatic rings. The first kappa shape index (κ1) is 14.0. The lowest BCUT2D eigenvalue weighted by atomic mass is 10.0. The van der Waals surface area contributed by atoms with Crippen LogP contribution < -0.4 is 9.47 Å². The van der Waals surface area contributed by atoms with Gasteiger partial charge in [0.15, 0.2) is 11.5 Å². The Morgan fingerprint density at radius 2 is 1.40 bits per heavy atom. The van der Waals surface area contributed by atoms with Gasteiger partial charge in [0.2, 0.25) is 0 Å². The van der Waals surface area contributed by atoms with Gasteiger partial charge in [-0.15, -0.1) is 0 Å². The molecule has 2 aromatic rings. The summed E-state index contributed by atoms with van der Waals surface area (Å²) in [5.74, 6) is 1.65. The number of fused-ring (bicyclic) bond motifs is 1. The Morgan fingerprint density at radius 1 is 0.750 bits per heavy atom. The van der Waals surface area contributed by atoms with Crippen molar-refractivity contribution in [2.24, 2.45) is 0 Å². The lowest BCUT2D eigenvalue weighted by Crippen LogP contribution is -2.15. The summed E-state index contributed by atoms with van der Waals surface area (Å²) < 4.78 is 11.2. The minimum Gasteiger partial charge on any atom is -0.486 e. The van der Waals surface area contributed by atoms with Crippen LogP contribution in [0.3, 0.4) is 0 Å². The molecular formula is C16H14Br2O2. The van der Waals surface area contributed by atoms with Crippen LogP contribution in [0.25, 0.3) is 0 Å². The van der Waals surface area contributed by atoms with Crippen LogP contribution in [0.5, 0.6) is 11.5 Å². The second-order valence-electron chi connectivity index (χ2n) is 4.62. The van der Waals surface area contributed by atoms with Gasteiger partial charge in [0.05, 0.1) is 9.65 Å². The summed E-state index contributed by atoms with van der Waals surface area (Å²) in [5.41, 5.74) is 2.41. The van der Waals surface area contributed by atoms with E-state index in [4.69, 9.17) is 9.47 Å². The Bertz CT molecular complexity index is 586. The van der Waals surface area contributed by atoms with E-state index in [9.17, 15) is 0 Å². The van der Waals surface area contributed by atoms with E-state index in [0.29, 0.717) is 13.2 Å². The van der Waals surface area contributed by atoms with Crippen molar-refractivity contribution < 1.29 is 9.47 Å². The summed E-state index contributed by atoms with van der Waals surface area (Å²) in [6.45, 7) is 1.23. The molecule has 0 aromatic heterocycles. The van der Waals surface area contributed by atoms with Gasteiger partial charge < -0.3 is 9.47 Å². The van der Waals surface area contributed by atoms with Gasteiger partial charge in [-0.3, -0.25) is 0 Å². The molecule has 2 aromatic carbocycles. The number of rotatable bonds is 3. The fraction of sp³-hybridized carbons (Fsp3) is 0.250. The topological polar surface area (TPSA) is 18.5 Å². The first-order valence-electron chi connectivity index (χ1n) is 6.48. The zero-order valence-corrected chi connectivity index (χ0v) is 13.9. The maximum atomic E-state index is 5.64. The maximum Gasteiger partial charge on any atom is 0.161 e. The molecule has 4 heteroatoms. The molecule has 1 heterocycles. The number of ether oxygens (including phenoxy) is 2. The Labute approximate surface area is 135 Å². The van der Waals surface area contributed by atoms with Crippen molar-refractivity contribution in [1.82, 2.24) is 0 Å². The van der Waals surface area contributed by atoms with E-state index in [-0.39, 0.29) is 9.65 Å². The van der Waals surface area contributed by atoms with Crippen LogP contribution in [0.1, 0.15) is 20.8 Å². The van der Waals surface area contributed by atoms with Gasteiger partial charge in [0.25, 0.3) is 0 Å². The summed E-state index contributed by atoms with van der Waals surface area (Å²) >= 11 is 7.54. The van der Waals surface area contributed by atoms with E-state index in [1.807, 2.05) is 30.3 Å². The highest BCUT2D eigenvalue weighted by Crippen LogP contribution is 2.44. The van der Waals surface area contributed by atoms with Crippen LogP contribution in [0.2, 0.25) is 0 Å². The minimum absolute atomic E-state index is 0.167. The summed E-state index contributed by atoms with van der Waals surface area (Å²) in [5, 5.41) is 0. The molecule has 0 radical (unpaired) electrons. The van der Waals surface area contributed by atoms with Crippen LogP contribution >= 0.6 is 31.9 Å². The molecule has 104 valence electrons. The van der Waals surface area contributed by atoms with Crippen molar-refractivity contribution in [2.75, 3.05) is 13.2 Å². The zero-order chi connectivity index (χ0) is 13.9. The number of benzene rings is 2. The predicted molar refractivity (Wildman–Crippen MR) is 87.2 cm³/mol. The smallest absolute Gasteiger partial charge is 0.161 e. The normalized spacial score (nSPS) is 16.5. The monoisotopic (exact) mass is 396 g/mol. The van der Waals surface area contributed by atoms with Crippen LogP contribution in [0.4, 0.5) is 0 Å². The Morgan fingerprint density at radius 3 is 2.15 bits per heavy atom. The maximum absolute atomic E-state index is 5.64. The second kappa shape index (κ2) is 6.19. The summed E-state index contributed by atoms with van der Waals surface area (Å²) in [7, 11) is 0. The lowest BCUT2D eigenvalue weighted by Gasteiger charge is -2.22. The number of hydrogen-bond acceptors (Lipinski definition) is 2. The predicted octanol–water partition coefficient (Wildman–Crippen LogP) is 5.03. The summed E-state index contributed by atoms with van der Waals surface area (Å²) in [4.78, 5) is 0.368. The van der Waals surface area contributed by atoms with E-state index < -0.39 is 0 Å². The quantitative estimate of drug-likeness (QED) is 0.676. The van der Waals surface area contributed by atoms with Gasteiger partial charge >= 0.3 is 0 Å². The molecule has 0 N–H and O–H groups in total. The Hall–Kier alpha value is -1.00. The van der Waals surface area contributed by atoms with E-state index >= 15 is 0 Å². The first-order chi connectivity index (χ1) is 9.75.